The predicted octanol–water partition coefficient (Wildman–Crippen LogP) is 2.22. The molecule has 0 aliphatic carbocycles. The van der Waals surface area contributed by atoms with E-state index in [-0.39, 0.29) is 0 Å². The van der Waals surface area contributed by atoms with Crippen LogP contribution in [0.25, 0.3) is 10.3 Å². The number of hydrogen-bond donors (Lipinski definition) is 0. The Kier molecular flexibility index (Phi) is 1.68. The largest absolute Gasteiger partial charge is 0.224 e. The molecule has 0 unspecified atom stereocenters. The summed E-state index contributed by atoms with van der Waals surface area (Å²) in [4.78, 5) is 8.73. The molecule has 0 spiro atoms. The van der Waals surface area contributed by atoms with Gasteiger partial charge in [0.15, 0.2) is 5.01 Å². The van der Waals surface area contributed by atoms with Crippen LogP contribution in [0.3, 0.4) is 0 Å². The molecule has 2 aromatic rings. The lowest BCUT2D eigenvalue weighted by Crippen LogP contribution is -1.73. The van der Waals surface area contributed by atoms with Crippen molar-refractivity contribution in [3.8, 4) is 6.07 Å². The molecular weight excluding hydrogens is 194 g/mol. The molecule has 3 nitrogen and oxygen atoms in total. The van der Waals surface area contributed by atoms with Gasteiger partial charge in [0.1, 0.15) is 21.6 Å². The highest BCUT2D eigenvalue weighted by Gasteiger charge is 2.03. The fraction of sp³-hybridized carbons (Fsp3) is 0. The minimum atomic E-state index is 0.416. The Morgan fingerprint density at radius 3 is 3.00 bits per heavy atom. The lowest BCUT2D eigenvalue weighted by atomic mass is 10.5. The van der Waals surface area contributed by atoms with E-state index in [2.05, 4.69) is 9.97 Å². The number of halogens is 1. The molecule has 12 heavy (non-hydrogen) atoms. The van der Waals surface area contributed by atoms with Crippen molar-refractivity contribution in [1.82, 2.24) is 9.97 Å². The summed E-state index contributed by atoms with van der Waals surface area (Å²) < 4.78 is 0. The highest BCUT2D eigenvalue weighted by Crippen LogP contribution is 2.20. The molecule has 2 rings (SSSR count). The normalized spacial score (nSPS) is 10.0. The first-order chi connectivity index (χ1) is 5.79. The van der Waals surface area contributed by atoms with Gasteiger partial charge in [-0.05, 0) is 12.1 Å². The number of thiazole rings is 1. The molecule has 0 aliphatic heterocycles. The Morgan fingerprint density at radius 2 is 2.25 bits per heavy atom. The molecule has 0 radical (unpaired) electrons. The third-order valence-electron chi connectivity index (χ3n) is 1.32. The smallest absolute Gasteiger partial charge is 0.196 e. The van der Waals surface area contributed by atoms with Crippen LogP contribution in [-0.4, -0.2) is 9.97 Å². The lowest BCUT2D eigenvalue weighted by Gasteiger charge is -1.85. The van der Waals surface area contributed by atoms with Crippen LogP contribution in [-0.2, 0) is 0 Å². The Morgan fingerprint density at radius 1 is 1.42 bits per heavy atom. The van der Waals surface area contributed by atoms with Crippen LogP contribution in [0.15, 0.2) is 12.1 Å². The van der Waals surface area contributed by atoms with Gasteiger partial charge >= 0.3 is 0 Å². The second-order valence-corrected chi connectivity index (χ2v) is 3.45. The average molecular weight is 196 g/mol. The number of nitrogens with zero attached hydrogens (tertiary/aromatic N) is 3. The van der Waals surface area contributed by atoms with Crippen LogP contribution in [0, 0.1) is 11.3 Å². The van der Waals surface area contributed by atoms with Crippen LogP contribution in [0.2, 0.25) is 5.15 Å². The second kappa shape index (κ2) is 2.70. The van der Waals surface area contributed by atoms with Gasteiger partial charge in [0.05, 0.1) is 0 Å². The minimum absolute atomic E-state index is 0.416. The Bertz CT molecular complexity index is 471. The zero-order chi connectivity index (χ0) is 8.55. The first-order valence-electron chi connectivity index (χ1n) is 3.13. The van der Waals surface area contributed by atoms with E-state index in [0.29, 0.717) is 15.0 Å². The molecular formula is C7H2ClN3S. The van der Waals surface area contributed by atoms with Gasteiger partial charge in [0, 0.05) is 0 Å². The van der Waals surface area contributed by atoms with E-state index in [1.165, 1.54) is 11.3 Å². The van der Waals surface area contributed by atoms with Crippen molar-refractivity contribution in [1.29, 1.82) is 5.26 Å². The molecule has 2 aromatic heterocycles. The van der Waals surface area contributed by atoms with Gasteiger partial charge in [-0.25, -0.2) is 9.97 Å². The molecule has 5 heteroatoms. The van der Waals surface area contributed by atoms with E-state index in [4.69, 9.17) is 16.9 Å². The maximum atomic E-state index is 8.55. The van der Waals surface area contributed by atoms with Gasteiger partial charge in [-0.1, -0.05) is 22.9 Å². The van der Waals surface area contributed by atoms with Crippen LogP contribution in [0.5, 0.6) is 0 Å². The van der Waals surface area contributed by atoms with Crippen molar-refractivity contribution in [3.05, 3.63) is 22.3 Å². The monoisotopic (exact) mass is 195 g/mol. The van der Waals surface area contributed by atoms with Gasteiger partial charge in [-0.3, -0.25) is 0 Å². The van der Waals surface area contributed by atoms with Crippen LogP contribution in [0.4, 0.5) is 0 Å². The molecule has 2 heterocycles. The van der Waals surface area contributed by atoms with Gasteiger partial charge < -0.3 is 0 Å². The van der Waals surface area contributed by atoms with Crippen LogP contribution >= 0.6 is 22.9 Å². The molecule has 0 fully saturated rings. The summed E-state index contributed by atoms with van der Waals surface area (Å²) in [6.45, 7) is 0. The van der Waals surface area contributed by atoms with Crippen molar-refractivity contribution in [2.45, 2.75) is 0 Å². The maximum absolute atomic E-state index is 8.55. The summed E-state index contributed by atoms with van der Waals surface area (Å²) in [5.74, 6) is 0. The highest BCUT2D eigenvalue weighted by atomic mass is 35.5. The van der Waals surface area contributed by atoms with Crippen molar-refractivity contribution in [2.24, 2.45) is 0 Å². The Balaban J connectivity index is 2.77. The second-order valence-electron chi connectivity index (χ2n) is 2.09. The Hall–Kier alpha value is -1.18. The predicted molar refractivity (Wildman–Crippen MR) is 47.1 cm³/mol. The Labute approximate surface area is 77.3 Å². The summed E-state index contributed by atoms with van der Waals surface area (Å²) >= 11 is 6.90. The van der Waals surface area contributed by atoms with Gasteiger partial charge in [0.25, 0.3) is 0 Å². The topological polar surface area (TPSA) is 49.6 Å². The maximum Gasteiger partial charge on any atom is 0.196 e. The molecule has 0 bridgehead atoms. The van der Waals surface area contributed by atoms with Crippen molar-refractivity contribution in [2.75, 3.05) is 0 Å². The molecule has 0 saturated carbocycles. The number of rotatable bonds is 0. The summed E-state index contributed by atoms with van der Waals surface area (Å²) in [6.07, 6.45) is 0. The third-order valence-corrected chi connectivity index (χ3v) is 2.40. The zero-order valence-corrected chi connectivity index (χ0v) is 7.35. The summed E-state index contributed by atoms with van der Waals surface area (Å²) in [5.41, 5.74) is 0.723. The van der Waals surface area contributed by atoms with Crippen molar-refractivity contribution in [3.63, 3.8) is 0 Å². The first kappa shape index (κ1) is 7.47. The molecule has 0 aliphatic rings. The third kappa shape index (κ3) is 1.13. The summed E-state index contributed by atoms with van der Waals surface area (Å²) in [5, 5.41) is 9.39. The molecule has 0 aromatic carbocycles. The molecule has 0 saturated heterocycles. The molecule has 58 valence electrons. The van der Waals surface area contributed by atoms with Crippen molar-refractivity contribution >= 4 is 33.3 Å². The van der Waals surface area contributed by atoms with Crippen molar-refractivity contribution < 1.29 is 0 Å². The fourth-order valence-corrected chi connectivity index (χ4v) is 1.77. The van der Waals surface area contributed by atoms with Gasteiger partial charge in [0.2, 0.25) is 0 Å². The highest BCUT2D eigenvalue weighted by molar-refractivity contribution is 7.18. The number of pyridine rings is 1. The molecule has 0 atom stereocenters. The van der Waals surface area contributed by atoms with Crippen LogP contribution in [0.1, 0.15) is 5.01 Å². The summed E-state index contributed by atoms with van der Waals surface area (Å²) in [7, 11) is 0. The number of fused-ring (bicyclic) bond motifs is 1. The number of nitriles is 1. The van der Waals surface area contributed by atoms with Crippen LogP contribution < -0.4 is 0 Å². The van der Waals surface area contributed by atoms with E-state index in [0.717, 1.165) is 5.52 Å². The zero-order valence-electron chi connectivity index (χ0n) is 5.78. The summed E-state index contributed by atoms with van der Waals surface area (Å²) in [6, 6.07) is 5.37. The van der Waals surface area contributed by atoms with E-state index in [1.54, 1.807) is 12.1 Å². The minimum Gasteiger partial charge on any atom is -0.224 e. The lowest BCUT2D eigenvalue weighted by molar-refractivity contribution is 1.37. The van der Waals surface area contributed by atoms with E-state index in [1.807, 2.05) is 6.07 Å². The van der Waals surface area contributed by atoms with Gasteiger partial charge in [-0.15, -0.1) is 0 Å². The SMILES string of the molecule is N#Cc1nc2ccc(Cl)nc2s1. The molecule has 0 amide bonds. The standard InChI is InChI=1S/C7H2ClN3S/c8-5-2-1-4-7(11-5)12-6(3-9)10-4/h1-2H. The number of aromatic nitrogens is 2. The fourth-order valence-electron chi connectivity index (χ4n) is 0.842. The quantitative estimate of drug-likeness (QED) is 0.606. The first-order valence-corrected chi connectivity index (χ1v) is 4.32. The average Bonchev–Trinajstić information content (AvgIpc) is 2.46. The van der Waals surface area contributed by atoms with E-state index >= 15 is 0 Å². The van der Waals surface area contributed by atoms with E-state index < -0.39 is 0 Å². The molecule has 0 N–H and O–H groups in total. The number of hydrogen-bond acceptors (Lipinski definition) is 4. The van der Waals surface area contributed by atoms with Gasteiger partial charge in [-0.2, -0.15) is 5.26 Å². The van der Waals surface area contributed by atoms with E-state index in [9.17, 15) is 0 Å².